The Labute approximate surface area is 282 Å². The summed E-state index contributed by atoms with van der Waals surface area (Å²) < 4.78 is 5.88. The van der Waals surface area contributed by atoms with Crippen LogP contribution in [0.4, 0.5) is 0 Å². The number of carbonyl (C=O) groups excluding carboxylic acids is 7. The van der Waals surface area contributed by atoms with Gasteiger partial charge in [0.25, 0.3) is 5.91 Å². The molecule has 0 N–H and O–H groups in total. The second kappa shape index (κ2) is 17.5. The maximum atomic E-state index is 14.2. The Hall–Kier alpha value is -3.89. The van der Waals surface area contributed by atoms with Crippen LogP contribution < -0.4 is 0 Å². The average molecular weight is 661 g/mol. The number of carbonyl (C=O) groups is 7. The summed E-state index contributed by atoms with van der Waals surface area (Å²) in [5, 5.41) is 1.82. The van der Waals surface area contributed by atoms with E-state index >= 15 is 0 Å². The fraction of sp³-hybridized carbons (Fsp3) is 0.553. The van der Waals surface area contributed by atoms with Crippen LogP contribution in [0.25, 0.3) is 10.8 Å². The van der Waals surface area contributed by atoms with Gasteiger partial charge >= 0.3 is 0 Å². The summed E-state index contributed by atoms with van der Waals surface area (Å²) in [5.74, 6) is -1.45. The predicted octanol–water partition coefficient (Wildman–Crippen LogP) is 4.96. The van der Waals surface area contributed by atoms with Gasteiger partial charge < -0.3 is 14.5 Å². The maximum Gasteiger partial charge on any atom is 0.254 e. The van der Waals surface area contributed by atoms with Gasteiger partial charge in [-0.15, -0.1) is 0 Å². The average Bonchev–Trinajstić information content (AvgIpc) is 3.27. The van der Waals surface area contributed by atoms with Crippen LogP contribution in [0.2, 0.25) is 0 Å². The fourth-order valence-corrected chi connectivity index (χ4v) is 6.64. The van der Waals surface area contributed by atoms with Gasteiger partial charge in [0.2, 0.25) is 0 Å². The van der Waals surface area contributed by atoms with Gasteiger partial charge in [0.15, 0.2) is 0 Å². The Morgan fingerprint density at radius 1 is 0.646 bits per heavy atom. The third-order valence-corrected chi connectivity index (χ3v) is 9.46. The summed E-state index contributed by atoms with van der Waals surface area (Å²) in [7, 11) is 3.93. The number of amides is 1. The van der Waals surface area contributed by atoms with Crippen LogP contribution >= 0.6 is 0 Å². The van der Waals surface area contributed by atoms with Crippen LogP contribution in [0.1, 0.15) is 106 Å². The van der Waals surface area contributed by atoms with Crippen molar-refractivity contribution in [2.45, 2.75) is 95.4 Å². The van der Waals surface area contributed by atoms with E-state index in [1.165, 1.54) is 0 Å². The Morgan fingerprint density at radius 2 is 1.12 bits per heavy atom. The van der Waals surface area contributed by atoms with Gasteiger partial charge in [-0.2, -0.15) is 0 Å². The van der Waals surface area contributed by atoms with Crippen molar-refractivity contribution >= 4 is 51.4 Å². The first-order valence-corrected chi connectivity index (χ1v) is 17.2. The summed E-state index contributed by atoms with van der Waals surface area (Å²) in [6.07, 6.45) is 0.955. The molecule has 0 spiro atoms. The Kier molecular flexibility index (Phi) is 13.5. The SMILES string of the molecule is CN(C)CCOCCCC12CC(=O)CCC(=O)CCC(=O)CCC(=O)CCC(=O)CCC(=O)CCN1C(=O)c1cc3ccccc3cc12. The van der Waals surface area contributed by atoms with E-state index in [1.54, 1.807) is 4.90 Å². The molecule has 2 aliphatic heterocycles. The first-order chi connectivity index (χ1) is 23.0. The molecule has 10 heteroatoms. The van der Waals surface area contributed by atoms with E-state index in [1.807, 2.05) is 55.4 Å². The highest BCUT2D eigenvalue weighted by Crippen LogP contribution is 2.47. The van der Waals surface area contributed by atoms with Crippen molar-refractivity contribution in [3.05, 3.63) is 47.5 Å². The molecule has 2 heterocycles. The zero-order chi connectivity index (χ0) is 34.7. The molecule has 2 aromatic carbocycles. The molecule has 0 aliphatic carbocycles. The molecule has 1 saturated heterocycles. The van der Waals surface area contributed by atoms with Gasteiger partial charge in [-0.3, -0.25) is 33.6 Å². The number of Topliss-reactive ketones (excluding diaryl/α,β-unsaturated/α-hetero) is 6. The molecular weight excluding hydrogens is 612 g/mol. The summed E-state index contributed by atoms with van der Waals surface area (Å²) in [6.45, 7) is 1.79. The number of fused-ring (bicyclic) bond motifs is 4. The van der Waals surface area contributed by atoms with Gasteiger partial charge in [-0.25, -0.2) is 0 Å². The minimum Gasteiger partial charge on any atom is -0.380 e. The lowest BCUT2D eigenvalue weighted by atomic mass is 9.79. The topological polar surface area (TPSA) is 135 Å². The minimum absolute atomic E-state index is 0.000628. The van der Waals surface area contributed by atoms with Crippen molar-refractivity contribution in [1.29, 1.82) is 0 Å². The van der Waals surface area contributed by atoms with Gasteiger partial charge in [-0.05, 0) is 55.4 Å². The van der Waals surface area contributed by atoms with Crippen molar-refractivity contribution in [2.24, 2.45) is 0 Å². The van der Waals surface area contributed by atoms with Gasteiger partial charge in [0.05, 0.1) is 12.1 Å². The Balaban J connectivity index is 1.65. The molecule has 0 bridgehead atoms. The molecule has 1 atom stereocenters. The molecule has 1 fully saturated rings. The number of ether oxygens (including phenoxy) is 1. The molecule has 2 aliphatic rings. The minimum atomic E-state index is -1.05. The number of rotatable bonds is 7. The molecule has 0 aromatic heterocycles. The van der Waals surface area contributed by atoms with Gasteiger partial charge in [0, 0.05) is 102 Å². The van der Waals surface area contributed by atoms with Crippen LogP contribution in [0.5, 0.6) is 0 Å². The standard InChI is InChI=1S/C38H48N2O8/c1-39(2)21-23-48-22-5-19-38-26-34(46)17-16-32(44)13-12-30(42)9-8-29(41)10-11-31(43)14-15-33(45)18-20-40(38)37(47)35-24-27-6-3-4-7-28(27)25-36(35)38/h3-4,6-7,24-25H,5,8-23,26H2,1-2H3. The zero-order valence-electron chi connectivity index (χ0n) is 28.4. The maximum absolute atomic E-state index is 14.2. The highest BCUT2D eigenvalue weighted by Gasteiger charge is 2.50. The summed E-state index contributed by atoms with van der Waals surface area (Å²) in [4.78, 5) is 94.5. The van der Waals surface area contributed by atoms with E-state index in [0.29, 0.717) is 31.6 Å². The van der Waals surface area contributed by atoms with Crippen molar-refractivity contribution < 1.29 is 38.3 Å². The highest BCUT2D eigenvalue weighted by molar-refractivity contribution is 6.05. The highest BCUT2D eigenvalue weighted by atomic mass is 16.5. The van der Waals surface area contributed by atoms with Crippen LogP contribution in [-0.2, 0) is 39.0 Å². The number of benzene rings is 2. The lowest BCUT2D eigenvalue weighted by Crippen LogP contribution is -2.46. The summed E-state index contributed by atoms with van der Waals surface area (Å²) in [6, 6.07) is 11.5. The van der Waals surface area contributed by atoms with Crippen molar-refractivity contribution in [1.82, 2.24) is 9.80 Å². The molecule has 0 saturated carbocycles. The van der Waals surface area contributed by atoms with E-state index < -0.39 is 5.54 Å². The number of ketones is 6. The number of likely N-dealkylation sites (N-methyl/N-ethyl adjacent to an activating group) is 1. The van der Waals surface area contributed by atoms with E-state index in [9.17, 15) is 33.6 Å². The fourth-order valence-electron chi connectivity index (χ4n) is 6.64. The molecule has 258 valence electrons. The third kappa shape index (κ3) is 10.1. The molecule has 1 unspecified atom stereocenters. The summed E-state index contributed by atoms with van der Waals surface area (Å²) in [5.41, 5.74) is 0.175. The monoisotopic (exact) mass is 660 g/mol. The van der Waals surface area contributed by atoms with E-state index in [0.717, 1.165) is 22.9 Å². The van der Waals surface area contributed by atoms with Crippen LogP contribution in [0, 0.1) is 0 Å². The largest absolute Gasteiger partial charge is 0.380 e. The molecule has 48 heavy (non-hydrogen) atoms. The molecule has 2 aromatic rings. The normalized spacial score (nSPS) is 21.5. The Bertz CT molecular complexity index is 1550. The number of hydrogen-bond donors (Lipinski definition) is 0. The molecule has 10 nitrogen and oxygen atoms in total. The molecular formula is C38H48N2O8. The van der Waals surface area contributed by atoms with E-state index in [-0.39, 0.29) is 124 Å². The number of hydrogen-bond acceptors (Lipinski definition) is 9. The number of nitrogens with zero attached hydrogens (tertiary/aromatic N) is 2. The first-order valence-electron chi connectivity index (χ1n) is 17.2. The predicted molar refractivity (Wildman–Crippen MR) is 181 cm³/mol. The third-order valence-electron chi connectivity index (χ3n) is 9.46. The van der Waals surface area contributed by atoms with E-state index in [4.69, 9.17) is 4.74 Å². The molecule has 1 amide bonds. The van der Waals surface area contributed by atoms with Crippen molar-refractivity contribution in [3.8, 4) is 0 Å². The molecule has 4 rings (SSSR count). The van der Waals surface area contributed by atoms with Gasteiger partial charge in [-0.1, -0.05) is 24.3 Å². The lowest BCUT2D eigenvalue weighted by Gasteiger charge is -2.39. The zero-order valence-corrected chi connectivity index (χ0v) is 28.4. The Morgan fingerprint density at radius 3 is 1.65 bits per heavy atom. The van der Waals surface area contributed by atoms with Crippen LogP contribution in [-0.4, -0.2) is 90.8 Å². The first kappa shape index (κ1) is 36.9. The van der Waals surface area contributed by atoms with E-state index in [2.05, 4.69) is 0 Å². The van der Waals surface area contributed by atoms with Crippen molar-refractivity contribution in [3.63, 3.8) is 0 Å². The second-order valence-corrected chi connectivity index (χ2v) is 13.4. The quantitative estimate of drug-likeness (QED) is 0.378. The summed E-state index contributed by atoms with van der Waals surface area (Å²) >= 11 is 0. The molecule has 0 radical (unpaired) electrons. The second-order valence-electron chi connectivity index (χ2n) is 13.4. The smallest absolute Gasteiger partial charge is 0.254 e. The van der Waals surface area contributed by atoms with Crippen LogP contribution in [0.3, 0.4) is 0 Å². The van der Waals surface area contributed by atoms with Gasteiger partial charge in [0.1, 0.15) is 34.7 Å². The van der Waals surface area contributed by atoms with Crippen LogP contribution in [0.15, 0.2) is 36.4 Å². The van der Waals surface area contributed by atoms with Crippen molar-refractivity contribution in [2.75, 3.05) is 40.4 Å². The lowest BCUT2D eigenvalue weighted by molar-refractivity contribution is -0.128.